The van der Waals surface area contributed by atoms with Gasteiger partial charge >= 0.3 is 0 Å². The van der Waals surface area contributed by atoms with Gasteiger partial charge < -0.3 is 9.80 Å². The highest BCUT2D eigenvalue weighted by atomic mass is 15.3. The predicted octanol–water partition coefficient (Wildman–Crippen LogP) is 2.30. The zero-order chi connectivity index (χ0) is 16.4. The van der Waals surface area contributed by atoms with E-state index in [2.05, 4.69) is 56.2 Å². The van der Waals surface area contributed by atoms with Gasteiger partial charge in [0, 0.05) is 44.3 Å². The quantitative estimate of drug-likeness (QED) is 0.741. The number of hydrogen-bond donors (Lipinski definition) is 0. The van der Waals surface area contributed by atoms with Crippen LogP contribution in [0.15, 0.2) is 55.1 Å². The molecule has 0 unspecified atom stereocenters. The zero-order valence-corrected chi connectivity index (χ0v) is 13.7. The average Bonchev–Trinajstić information content (AvgIpc) is 3.17. The minimum Gasteiger partial charge on any atom is -0.368 e. The molecule has 1 saturated heterocycles. The van der Waals surface area contributed by atoms with Crippen LogP contribution in [0.1, 0.15) is 5.56 Å². The van der Waals surface area contributed by atoms with Crippen molar-refractivity contribution in [2.24, 2.45) is 0 Å². The third kappa shape index (κ3) is 2.95. The summed E-state index contributed by atoms with van der Waals surface area (Å²) in [6.45, 7) is 6.03. The Morgan fingerprint density at radius 2 is 1.62 bits per heavy atom. The van der Waals surface area contributed by atoms with Gasteiger partial charge in [-0.25, -0.2) is 4.98 Å². The van der Waals surface area contributed by atoms with E-state index < -0.39 is 0 Å². The van der Waals surface area contributed by atoms with Gasteiger partial charge in [0.2, 0.25) is 0 Å². The molecule has 24 heavy (non-hydrogen) atoms. The normalized spacial score (nSPS) is 14.9. The van der Waals surface area contributed by atoms with Gasteiger partial charge in [0.25, 0.3) is 0 Å². The first-order chi connectivity index (χ1) is 11.8. The van der Waals surface area contributed by atoms with Gasteiger partial charge in [-0.3, -0.25) is 4.57 Å². The van der Waals surface area contributed by atoms with Gasteiger partial charge in [-0.2, -0.15) is 0 Å². The summed E-state index contributed by atoms with van der Waals surface area (Å²) in [4.78, 5) is 8.75. The van der Waals surface area contributed by atoms with E-state index in [9.17, 15) is 0 Å². The Balaban J connectivity index is 1.42. The summed E-state index contributed by atoms with van der Waals surface area (Å²) < 4.78 is 1.85. The summed E-state index contributed by atoms with van der Waals surface area (Å²) >= 11 is 0. The maximum Gasteiger partial charge on any atom is 0.160 e. The smallest absolute Gasteiger partial charge is 0.160 e. The predicted molar refractivity (Wildman–Crippen MR) is 94.8 cm³/mol. The van der Waals surface area contributed by atoms with E-state index in [0.717, 1.165) is 37.8 Å². The van der Waals surface area contributed by atoms with Crippen molar-refractivity contribution in [1.29, 1.82) is 0 Å². The molecule has 4 rings (SSSR count). The number of piperazine rings is 1. The second-order valence-corrected chi connectivity index (χ2v) is 6.03. The molecule has 1 aliphatic heterocycles. The fraction of sp³-hybridized carbons (Fsp3) is 0.278. The van der Waals surface area contributed by atoms with E-state index in [1.54, 1.807) is 12.5 Å². The third-order valence-electron chi connectivity index (χ3n) is 4.38. The van der Waals surface area contributed by atoms with Crippen LogP contribution in [0.25, 0.3) is 5.82 Å². The number of anilines is 2. The third-order valence-corrected chi connectivity index (χ3v) is 4.38. The molecular formula is C18H20N6. The summed E-state index contributed by atoms with van der Waals surface area (Å²) in [5.74, 6) is 1.72. The lowest BCUT2D eigenvalue weighted by molar-refractivity contribution is 0.643. The summed E-state index contributed by atoms with van der Waals surface area (Å²) in [5, 5.41) is 8.68. The van der Waals surface area contributed by atoms with Crippen molar-refractivity contribution >= 4 is 11.5 Å². The van der Waals surface area contributed by atoms with Crippen molar-refractivity contribution in [2.75, 3.05) is 36.0 Å². The Bertz CT molecular complexity index is 789. The molecule has 0 bridgehead atoms. The maximum absolute atomic E-state index is 4.38. The molecule has 1 aliphatic rings. The molecule has 6 heteroatoms. The van der Waals surface area contributed by atoms with Crippen LogP contribution in [0.3, 0.4) is 0 Å². The van der Waals surface area contributed by atoms with E-state index >= 15 is 0 Å². The molecule has 6 nitrogen and oxygen atoms in total. The van der Waals surface area contributed by atoms with E-state index in [0.29, 0.717) is 0 Å². The average molecular weight is 320 g/mol. The molecule has 0 spiro atoms. The minimum absolute atomic E-state index is 0.787. The Morgan fingerprint density at radius 1 is 0.875 bits per heavy atom. The first-order valence-electron chi connectivity index (χ1n) is 8.18. The zero-order valence-electron chi connectivity index (χ0n) is 13.7. The largest absolute Gasteiger partial charge is 0.368 e. The molecule has 3 aromatic rings. The summed E-state index contributed by atoms with van der Waals surface area (Å²) in [6, 6.07) is 12.7. The second kappa shape index (κ2) is 6.31. The first kappa shape index (κ1) is 14.7. The molecular weight excluding hydrogens is 300 g/mol. The Morgan fingerprint density at radius 3 is 2.29 bits per heavy atom. The molecule has 0 N–H and O–H groups in total. The van der Waals surface area contributed by atoms with Crippen LogP contribution in [0.4, 0.5) is 11.5 Å². The molecule has 122 valence electrons. The molecule has 0 amide bonds. The topological polar surface area (TPSA) is 50.1 Å². The molecule has 1 aromatic carbocycles. The Hall–Kier alpha value is -2.89. The van der Waals surface area contributed by atoms with Gasteiger partial charge in [0.05, 0.1) is 0 Å². The highest BCUT2D eigenvalue weighted by Crippen LogP contribution is 2.20. The number of aryl methyl sites for hydroxylation is 1. The van der Waals surface area contributed by atoms with Crippen molar-refractivity contribution in [2.45, 2.75) is 6.92 Å². The van der Waals surface area contributed by atoms with Crippen LogP contribution >= 0.6 is 0 Å². The molecule has 0 atom stereocenters. The standard InChI is InChI=1S/C18H20N6/c1-15-3-2-4-16(13-15)22-9-11-23(12-10-22)17-5-6-18(21-20-17)24-8-7-19-14-24/h2-8,13-14H,9-12H2,1H3. The fourth-order valence-electron chi connectivity index (χ4n) is 3.04. The molecule has 0 radical (unpaired) electrons. The van der Waals surface area contributed by atoms with Crippen LogP contribution < -0.4 is 9.80 Å². The van der Waals surface area contributed by atoms with Crippen LogP contribution in [0.5, 0.6) is 0 Å². The highest BCUT2D eigenvalue weighted by molar-refractivity contribution is 5.51. The fourth-order valence-corrected chi connectivity index (χ4v) is 3.04. The van der Waals surface area contributed by atoms with Crippen molar-refractivity contribution in [3.63, 3.8) is 0 Å². The summed E-state index contributed by atoms with van der Waals surface area (Å²) in [7, 11) is 0. The van der Waals surface area contributed by atoms with Crippen molar-refractivity contribution in [3.8, 4) is 5.82 Å². The van der Waals surface area contributed by atoms with Gasteiger partial charge in [-0.1, -0.05) is 12.1 Å². The number of rotatable bonds is 3. The first-order valence-corrected chi connectivity index (χ1v) is 8.18. The van der Waals surface area contributed by atoms with Gasteiger partial charge in [-0.05, 0) is 36.8 Å². The van der Waals surface area contributed by atoms with E-state index in [1.165, 1.54) is 11.3 Å². The van der Waals surface area contributed by atoms with E-state index in [1.807, 2.05) is 22.9 Å². The van der Waals surface area contributed by atoms with Gasteiger partial charge in [-0.15, -0.1) is 10.2 Å². The number of imidazole rings is 1. The maximum atomic E-state index is 4.38. The summed E-state index contributed by atoms with van der Waals surface area (Å²) in [5.41, 5.74) is 2.60. The Labute approximate surface area is 141 Å². The molecule has 3 heterocycles. The van der Waals surface area contributed by atoms with Crippen LogP contribution in [-0.2, 0) is 0 Å². The SMILES string of the molecule is Cc1cccc(N2CCN(c3ccc(-n4ccnc4)nn3)CC2)c1. The van der Waals surface area contributed by atoms with E-state index in [-0.39, 0.29) is 0 Å². The van der Waals surface area contributed by atoms with Crippen molar-refractivity contribution < 1.29 is 0 Å². The van der Waals surface area contributed by atoms with Gasteiger partial charge in [0.1, 0.15) is 6.33 Å². The van der Waals surface area contributed by atoms with Gasteiger partial charge in [0.15, 0.2) is 11.6 Å². The second-order valence-electron chi connectivity index (χ2n) is 6.03. The van der Waals surface area contributed by atoms with Crippen LogP contribution in [-0.4, -0.2) is 45.9 Å². The lowest BCUT2D eigenvalue weighted by Crippen LogP contribution is -2.46. The number of hydrogen-bond acceptors (Lipinski definition) is 5. The molecule has 1 fully saturated rings. The highest BCUT2D eigenvalue weighted by Gasteiger charge is 2.18. The Kier molecular flexibility index (Phi) is 3.86. The minimum atomic E-state index is 0.787. The molecule has 0 saturated carbocycles. The number of benzene rings is 1. The number of nitrogens with zero attached hydrogens (tertiary/aromatic N) is 6. The van der Waals surface area contributed by atoms with Crippen molar-refractivity contribution in [1.82, 2.24) is 19.7 Å². The van der Waals surface area contributed by atoms with Crippen LogP contribution in [0, 0.1) is 6.92 Å². The number of aromatic nitrogens is 4. The molecule has 0 aliphatic carbocycles. The molecule has 2 aromatic heterocycles. The summed E-state index contributed by atoms with van der Waals surface area (Å²) in [6.07, 6.45) is 5.33. The van der Waals surface area contributed by atoms with E-state index in [4.69, 9.17) is 0 Å². The van der Waals surface area contributed by atoms with Crippen molar-refractivity contribution in [3.05, 3.63) is 60.7 Å². The van der Waals surface area contributed by atoms with Crippen LogP contribution in [0.2, 0.25) is 0 Å². The lowest BCUT2D eigenvalue weighted by Gasteiger charge is -2.36. The lowest BCUT2D eigenvalue weighted by atomic mass is 10.2. The monoisotopic (exact) mass is 320 g/mol.